The Morgan fingerprint density at radius 2 is 1.75 bits per heavy atom. The Morgan fingerprint density at radius 1 is 1.07 bits per heavy atom. The van der Waals surface area contributed by atoms with E-state index in [9.17, 15) is 19.3 Å². The molecule has 0 fully saturated rings. The number of halogens is 1. The van der Waals surface area contributed by atoms with Gasteiger partial charge in [0.15, 0.2) is 5.75 Å². The molecule has 0 N–H and O–H groups in total. The molecule has 0 saturated heterocycles. The van der Waals surface area contributed by atoms with Crippen molar-refractivity contribution in [3.8, 4) is 5.75 Å². The predicted molar refractivity (Wildman–Crippen MR) is 103 cm³/mol. The molecule has 0 aliphatic heterocycles. The largest absolute Gasteiger partial charge is 0.490 e. The Bertz CT molecular complexity index is 991. The first-order chi connectivity index (χ1) is 13.5. The molecule has 3 aromatic rings. The van der Waals surface area contributed by atoms with E-state index in [1.807, 2.05) is 30.3 Å². The second kappa shape index (κ2) is 8.30. The summed E-state index contributed by atoms with van der Waals surface area (Å²) in [6.45, 7) is 0.255. The predicted octanol–water partition coefficient (Wildman–Crippen LogP) is 4.59. The summed E-state index contributed by atoms with van der Waals surface area (Å²) in [7, 11) is 1.30. The first-order valence-corrected chi connectivity index (χ1v) is 8.43. The number of ether oxygens (including phenoxy) is 1. The van der Waals surface area contributed by atoms with Crippen LogP contribution >= 0.6 is 0 Å². The van der Waals surface area contributed by atoms with Gasteiger partial charge in [0.1, 0.15) is 5.82 Å². The van der Waals surface area contributed by atoms with Gasteiger partial charge in [-0.2, -0.15) is 0 Å². The van der Waals surface area contributed by atoms with Crippen molar-refractivity contribution < 1.29 is 18.8 Å². The van der Waals surface area contributed by atoms with Crippen LogP contribution in [-0.4, -0.2) is 17.9 Å². The van der Waals surface area contributed by atoms with Crippen molar-refractivity contribution in [2.24, 2.45) is 0 Å². The smallest absolute Gasteiger partial charge is 0.310 e. The van der Waals surface area contributed by atoms with Gasteiger partial charge in [0, 0.05) is 23.4 Å². The quantitative estimate of drug-likeness (QED) is 0.463. The Morgan fingerprint density at radius 3 is 2.36 bits per heavy atom. The lowest BCUT2D eigenvalue weighted by Crippen LogP contribution is -2.30. The highest BCUT2D eigenvalue weighted by atomic mass is 19.1. The van der Waals surface area contributed by atoms with Crippen molar-refractivity contribution in [1.82, 2.24) is 0 Å². The summed E-state index contributed by atoms with van der Waals surface area (Å²) in [4.78, 5) is 25.2. The minimum absolute atomic E-state index is 0.00498. The molecule has 0 unspecified atom stereocenters. The lowest BCUT2D eigenvalue weighted by atomic mass is 10.1. The Kier molecular flexibility index (Phi) is 5.64. The number of nitro groups is 1. The third kappa shape index (κ3) is 4.15. The molecule has 0 bridgehead atoms. The van der Waals surface area contributed by atoms with Gasteiger partial charge < -0.3 is 9.64 Å². The number of anilines is 1. The van der Waals surface area contributed by atoms with Crippen LogP contribution < -0.4 is 9.64 Å². The highest BCUT2D eigenvalue weighted by Gasteiger charge is 2.22. The van der Waals surface area contributed by atoms with Crippen molar-refractivity contribution in [2.45, 2.75) is 6.54 Å². The zero-order valence-corrected chi connectivity index (χ0v) is 15.0. The van der Waals surface area contributed by atoms with Gasteiger partial charge in [-0.3, -0.25) is 14.9 Å². The van der Waals surface area contributed by atoms with Gasteiger partial charge in [-0.25, -0.2) is 4.39 Å². The molecule has 142 valence electrons. The molecule has 1 amide bonds. The standard InChI is InChI=1S/C21H17FN2O4/c1-28-20-13-16(7-12-19(20)24(26)27)21(25)23(14-15-5-3-2-4-6-15)18-10-8-17(22)9-11-18/h2-13H,14H2,1H3. The Balaban J connectivity index is 2.00. The molecule has 0 spiro atoms. The van der Waals surface area contributed by atoms with Crippen LogP contribution in [0.1, 0.15) is 15.9 Å². The summed E-state index contributed by atoms with van der Waals surface area (Å²) in [5, 5.41) is 11.1. The van der Waals surface area contributed by atoms with Gasteiger partial charge in [-0.15, -0.1) is 0 Å². The van der Waals surface area contributed by atoms with Crippen molar-refractivity contribution in [1.29, 1.82) is 0 Å². The number of benzene rings is 3. The van der Waals surface area contributed by atoms with E-state index in [0.717, 1.165) is 5.56 Å². The molecular weight excluding hydrogens is 363 g/mol. The highest BCUT2D eigenvalue weighted by molar-refractivity contribution is 6.06. The SMILES string of the molecule is COc1cc(C(=O)N(Cc2ccccc2)c2ccc(F)cc2)ccc1[N+](=O)[O-]. The Labute approximate surface area is 160 Å². The average Bonchev–Trinajstić information content (AvgIpc) is 2.72. The fraction of sp³-hybridized carbons (Fsp3) is 0.0952. The third-order valence-electron chi connectivity index (χ3n) is 4.19. The van der Waals surface area contributed by atoms with Crippen LogP contribution in [0.2, 0.25) is 0 Å². The second-order valence-corrected chi connectivity index (χ2v) is 6.00. The lowest BCUT2D eigenvalue weighted by Gasteiger charge is -2.23. The molecular formula is C21H17FN2O4. The summed E-state index contributed by atoms with van der Waals surface area (Å²) < 4.78 is 18.4. The van der Waals surface area contributed by atoms with E-state index >= 15 is 0 Å². The van der Waals surface area contributed by atoms with Crippen molar-refractivity contribution in [3.63, 3.8) is 0 Å². The number of amides is 1. The van der Waals surface area contributed by atoms with Gasteiger partial charge in [0.05, 0.1) is 18.6 Å². The van der Waals surface area contributed by atoms with Crippen molar-refractivity contribution in [2.75, 3.05) is 12.0 Å². The fourth-order valence-corrected chi connectivity index (χ4v) is 2.78. The number of carbonyl (C=O) groups is 1. The summed E-state index contributed by atoms with van der Waals surface area (Å²) in [6.07, 6.45) is 0. The van der Waals surface area contributed by atoms with Crippen molar-refractivity contribution in [3.05, 3.63) is 99.9 Å². The molecule has 28 heavy (non-hydrogen) atoms. The van der Waals surface area contributed by atoms with Gasteiger partial charge in [0.2, 0.25) is 0 Å². The lowest BCUT2D eigenvalue weighted by molar-refractivity contribution is -0.385. The van der Waals surface area contributed by atoms with E-state index in [0.29, 0.717) is 5.69 Å². The Hall–Kier alpha value is -3.74. The van der Waals surface area contributed by atoms with Crippen LogP contribution in [0, 0.1) is 15.9 Å². The van der Waals surface area contributed by atoms with E-state index in [1.165, 1.54) is 54.5 Å². The first kappa shape index (κ1) is 19.0. The number of methoxy groups -OCH3 is 1. The summed E-state index contributed by atoms with van der Waals surface area (Å²) in [5.74, 6) is -0.800. The summed E-state index contributed by atoms with van der Waals surface area (Å²) in [5.41, 5.74) is 1.39. The van der Waals surface area contributed by atoms with Crippen LogP contribution in [0.3, 0.4) is 0 Å². The molecule has 0 heterocycles. The molecule has 0 atom stereocenters. The third-order valence-corrected chi connectivity index (χ3v) is 4.19. The van der Waals surface area contributed by atoms with Crippen LogP contribution in [0.15, 0.2) is 72.8 Å². The van der Waals surface area contributed by atoms with E-state index in [2.05, 4.69) is 0 Å². The molecule has 3 aromatic carbocycles. The first-order valence-electron chi connectivity index (χ1n) is 8.43. The molecule has 6 nitrogen and oxygen atoms in total. The summed E-state index contributed by atoms with van der Waals surface area (Å²) >= 11 is 0. The second-order valence-electron chi connectivity index (χ2n) is 6.00. The maximum Gasteiger partial charge on any atom is 0.310 e. The maximum atomic E-state index is 13.3. The monoisotopic (exact) mass is 380 g/mol. The maximum absolute atomic E-state index is 13.3. The molecule has 0 saturated carbocycles. The van der Waals surface area contributed by atoms with Gasteiger partial charge >= 0.3 is 5.69 Å². The van der Waals surface area contributed by atoms with E-state index in [1.54, 1.807) is 0 Å². The number of nitro benzene ring substituents is 1. The van der Waals surface area contributed by atoms with Crippen LogP contribution in [0.5, 0.6) is 5.75 Å². The van der Waals surface area contributed by atoms with Crippen LogP contribution in [-0.2, 0) is 6.54 Å². The van der Waals surface area contributed by atoms with Crippen molar-refractivity contribution >= 4 is 17.3 Å². The number of hydrogen-bond acceptors (Lipinski definition) is 4. The van der Waals surface area contributed by atoms with Gasteiger partial charge in [-0.1, -0.05) is 30.3 Å². The highest BCUT2D eigenvalue weighted by Crippen LogP contribution is 2.29. The summed E-state index contributed by atoms with van der Waals surface area (Å²) in [6, 6.07) is 18.9. The van der Waals surface area contributed by atoms with E-state index in [4.69, 9.17) is 4.74 Å². The fourth-order valence-electron chi connectivity index (χ4n) is 2.78. The zero-order chi connectivity index (χ0) is 20.1. The zero-order valence-electron chi connectivity index (χ0n) is 15.0. The molecule has 0 aromatic heterocycles. The number of rotatable bonds is 6. The molecule has 7 heteroatoms. The average molecular weight is 380 g/mol. The normalized spacial score (nSPS) is 10.4. The van der Waals surface area contributed by atoms with Gasteiger partial charge in [-0.05, 0) is 35.9 Å². The molecule has 3 rings (SSSR count). The number of hydrogen-bond donors (Lipinski definition) is 0. The van der Waals surface area contributed by atoms with Gasteiger partial charge in [0.25, 0.3) is 5.91 Å². The number of nitrogens with zero attached hydrogens (tertiary/aromatic N) is 2. The van der Waals surface area contributed by atoms with Crippen LogP contribution in [0.4, 0.5) is 15.8 Å². The minimum Gasteiger partial charge on any atom is -0.490 e. The minimum atomic E-state index is -0.575. The molecule has 0 radical (unpaired) electrons. The van der Waals surface area contributed by atoms with Crippen LogP contribution in [0.25, 0.3) is 0 Å². The van der Waals surface area contributed by atoms with E-state index in [-0.39, 0.29) is 29.5 Å². The molecule has 0 aliphatic carbocycles. The molecule has 0 aliphatic rings. The van der Waals surface area contributed by atoms with E-state index < -0.39 is 10.7 Å². The number of carbonyl (C=O) groups excluding carboxylic acids is 1. The topological polar surface area (TPSA) is 72.7 Å².